The number of rotatable bonds is 33. The minimum absolute atomic E-state index is 0. The molecule has 0 aromatic carbocycles. The van der Waals surface area contributed by atoms with Crippen molar-refractivity contribution in [1.29, 1.82) is 0 Å². The molecule has 7 heteroatoms. The van der Waals surface area contributed by atoms with E-state index in [4.69, 9.17) is 0 Å². The smallest absolute Gasteiger partial charge is 0.550 e. The topological polar surface area (TPSA) is 106 Å². The van der Waals surface area contributed by atoms with Gasteiger partial charge in [0.2, 0.25) is 0 Å². The molecular weight excluding hydrogens is 699 g/mol. The summed E-state index contributed by atoms with van der Waals surface area (Å²) in [4.78, 5) is 28.8. The van der Waals surface area contributed by atoms with Crippen LogP contribution in [0, 0.1) is 0 Å². The Balaban J connectivity index is 0. The Morgan fingerprint density at radius 2 is 0.623 bits per heavy atom. The van der Waals surface area contributed by atoms with Gasteiger partial charge in [0.25, 0.3) is 0 Å². The van der Waals surface area contributed by atoms with Gasteiger partial charge in [-0.1, -0.05) is 206 Å². The average molecular weight is 778 g/mol. The van der Waals surface area contributed by atoms with Crippen molar-refractivity contribution in [2.75, 3.05) is 0 Å². The molecule has 0 aliphatic heterocycles. The molecule has 53 heavy (non-hydrogen) atoms. The maximum absolute atomic E-state index is 10.2. The standard InChI is InChI=1S/2C18H36O2.C10H8N2.Mn/c2*1-2-3-4-5-6-7-8-9-10-11-12-13-14-15-16-17-18(19)20;1-3-7-11-9(5-1)10-6-2-4-8-12-10;/h2*2-17H2,1H3,(H,19,20);1-8H;/q;;;+2/p-2. The van der Waals surface area contributed by atoms with Gasteiger partial charge in [-0.3, -0.25) is 9.97 Å². The molecule has 0 spiro atoms. The van der Waals surface area contributed by atoms with Crippen LogP contribution in [0.4, 0.5) is 0 Å². The predicted molar refractivity (Wildman–Crippen MR) is 217 cm³/mol. The zero-order valence-corrected chi connectivity index (χ0v) is 35.3. The number of carbonyl (C=O) groups is 2. The molecule has 2 rings (SSSR count). The number of aromatic nitrogens is 2. The molecule has 0 aliphatic rings. The van der Waals surface area contributed by atoms with Crippen molar-refractivity contribution in [3.05, 3.63) is 48.8 Å². The predicted octanol–water partition coefficient (Wildman–Crippen LogP) is 12.1. The minimum atomic E-state index is -0.903. The summed E-state index contributed by atoms with van der Waals surface area (Å²) in [7, 11) is 0. The summed E-state index contributed by atoms with van der Waals surface area (Å²) >= 11 is 0. The zero-order chi connectivity index (χ0) is 38.0. The molecule has 0 amide bonds. The second-order valence-electron chi connectivity index (χ2n) is 14.6. The first-order valence-electron chi connectivity index (χ1n) is 21.7. The van der Waals surface area contributed by atoms with Crippen molar-refractivity contribution in [3.63, 3.8) is 0 Å². The van der Waals surface area contributed by atoms with Crippen LogP contribution in [0.1, 0.15) is 219 Å². The van der Waals surface area contributed by atoms with E-state index in [9.17, 15) is 19.8 Å². The van der Waals surface area contributed by atoms with Gasteiger partial charge in [0.05, 0.1) is 11.4 Å². The molecule has 1 radical (unpaired) electrons. The van der Waals surface area contributed by atoms with E-state index < -0.39 is 11.9 Å². The SMILES string of the molecule is CCCCCCCCCCCCCCCCCC(=O)[O-].CCCCCCCCCCCCCCCCCC(=O)[O-].[Mn+2].c1ccc(-c2ccccn2)nc1. The van der Waals surface area contributed by atoms with Crippen molar-refractivity contribution >= 4 is 11.9 Å². The number of hydrogen-bond donors (Lipinski definition) is 0. The van der Waals surface area contributed by atoms with E-state index in [1.807, 2.05) is 36.4 Å². The van der Waals surface area contributed by atoms with E-state index in [0.29, 0.717) is 0 Å². The third-order valence-corrected chi connectivity index (χ3v) is 9.56. The first-order valence-corrected chi connectivity index (χ1v) is 21.7. The maximum Gasteiger partial charge on any atom is 2.00 e. The third-order valence-electron chi connectivity index (χ3n) is 9.56. The molecule has 2 aromatic rings. The van der Waals surface area contributed by atoms with Gasteiger partial charge >= 0.3 is 17.1 Å². The van der Waals surface area contributed by atoms with Gasteiger partial charge in [-0.2, -0.15) is 0 Å². The number of pyridine rings is 2. The summed E-state index contributed by atoms with van der Waals surface area (Å²) in [5.74, 6) is -1.81. The molecule has 303 valence electrons. The number of carboxylic acid groups (broad SMARTS) is 2. The van der Waals surface area contributed by atoms with Gasteiger partial charge in [-0.25, -0.2) is 0 Å². The van der Waals surface area contributed by atoms with Crippen LogP contribution in [0.25, 0.3) is 11.4 Å². The Hall–Kier alpha value is -2.24. The van der Waals surface area contributed by atoms with Crippen molar-refractivity contribution in [2.45, 2.75) is 219 Å². The van der Waals surface area contributed by atoms with Crippen LogP contribution >= 0.6 is 0 Å². The van der Waals surface area contributed by atoms with Gasteiger partial charge in [0.15, 0.2) is 0 Å². The fraction of sp³-hybridized carbons (Fsp3) is 0.739. The summed E-state index contributed by atoms with van der Waals surface area (Å²) in [5, 5.41) is 20.4. The molecule has 0 atom stereocenters. The van der Waals surface area contributed by atoms with Crippen LogP contribution < -0.4 is 10.2 Å². The zero-order valence-electron chi connectivity index (χ0n) is 34.2. The van der Waals surface area contributed by atoms with Gasteiger partial charge in [-0.05, 0) is 49.9 Å². The molecule has 0 unspecified atom stereocenters. The van der Waals surface area contributed by atoms with E-state index in [1.54, 1.807) is 12.4 Å². The third kappa shape index (κ3) is 42.4. The summed E-state index contributed by atoms with van der Waals surface area (Å²) < 4.78 is 0. The summed E-state index contributed by atoms with van der Waals surface area (Å²) in [5.41, 5.74) is 1.83. The van der Waals surface area contributed by atoms with Crippen LogP contribution in [-0.4, -0.2) is 21.9 Å². The number of nitrogens with zero attached hydrogens (tertiary/aromatic N) is 2. The van der Waals surface area contributed by atoms with E-state index in [2.05, 4.69) is 23.8 Å². The summed E-state index contributed by atoms with van der Waals surface area (Å²) in [6.45, 7) is 4.53. The van der Waals surface area contributed by atoms with E-state index in [0.717, 1.165) is 37.1 Å². The second kappa shape index (κ2) is 44.2. The van der Waals surface area contributed by atoms with Gasteiger partial charge in [0.1, 0.15) is 0 Å². The van der Waals surface area contributed by atoms with Crippen LogP contribution in [-0.2, 0) is 26.7 Å². The Bertz CT molecular complexity index is 928. The number of unbranched alkanes of at least 4 members (excludes halogenated alkanes) is 28. The molecule has 0 saturated heterocycles. The molecule has 2 heterocycles. The first kappa shape index (κ1) is 52.9. The van der Waals surface area contributed by atoms with Crippen LogP contribution in [0.15, 0.2) is 48.8 Å². The van der Waals surface area contributed by atoms with Crippen LogP contribution in [0.5, 0.6) is 0 Å². The Labute approximate surface area is 337 Å². The molecule has 6 nitrogen and oxygen atoms in total. The first-order chi connectivity index (χ1) is 25.5. The quantitative estimate of drug-likeness (QED) is 0.0528. The van der Waals surface area contributed by atoms with Crippen LogP contribution in [0.2, 0.25) is 0 Å². The fourth-order valence-electron chi connectivity index (χ4n) is 6.31. The van der Waals surface area contributed by atoms with Gasteiger partial charge in [0, 0.05) is 24.3 Å². The maximum atomic E-state index is 10.2. The summed E-state index contributed by atoms with van der Waals surface area (Å²) in [6, 6.07) is 11.6. The van der Waals surface area contributed by atoms with Crippen molar-refractivity contribution in [3.8, 4) is 11.4 Å². The molecule has 0 N–H and O–H groups in total. The molecule has 0 saturated carbocycles. The number of carboxylic acids is 2. The van der Waals surface area contributed by atoms with E-state index in [1.165, 1.54) is 167 Å². The number of carbonyl (C=O) groups excluding carboxylic acids is 2. The van der Waals surface area contributed by atoms with Crippen molar-refractivity contribution in [2.24, 2.45) is 0 Å². The van der Waals surface area contributed by atoms with Gasteiger partial charge in [-0.15, -0.1) is 0 Å². The molecule has 0 bridgehead atoms. The Morgan fingerprint density at radius 1 is 0.396 bits per heavy atom. The molecular formula is C46H78MnN2O4. The Kier molecular flexibility index (Phi) is 44.0. The fourth-order valence-corrected chi connectivity index (χ4v) is 6.31. The average Bonchev–Trinajstić information content (AvgIpc) is 3.16. The van der Waals surface area contributed by atoms with E-state index in [-0.39, 0.29) is 29.9 Å². The minimum Gasteiger partial charge on any atom is -0.550 e. The second-order valence-corrected chi connectivity index (χ2v) is 14.6. The summed E-state index contributed by atoms with van der Waals surface area (Å²) in [6.07, 6.45) is 43.3. The van der Waals surface area contributed by atoms with Crippen LogP contribution in [0.3, 0.4) is 0 Å². The molecule has 2 aromatic heterocycles. The molecule has 0 aliphatic carbocycles. The monoisotopic (exact) mass is 778 g/mol. The van der Waals surface area contributed by atoms with E-state index >= 15 is 0 Å². The number of aliphatic carboxylic acids is 2. The van der Waals surface area contributed by atoms with Crippen molar-refractivity contribution in [1.82, 2.24) is 9.97 Å². The Morgan fingerprint density at radius 3 is 0.811 bits per heavy atom. The van der Waals surface area contributed by atoms with Gasteiger partial charge < -0.3 is 19.8 Å². The van der Waals surface area contributed by atoms with Crippen molar-refractivity contribution < 1.29 is 36.9 Å². The largest absolute Gasteiger partial charge is 2.00 e. The molecule has 0 fully saturated rings. The normalized spacial score (nSPS) is 10.4. The number of hydrogen-bond acceptors (Lipinski definition) is 6.